The fourth-order valence-electron chi connectivity index (χ4n) is 5.49. The minimum Gasteiger partial charge on any atom is -0.103 e. The molecule has 1 aliphatic rings. The van der Waals surface area contributed by atoms with E-state index in [-0.39, 0.29) is 0 Å². The highest BCUT2D eigenvalue weighted by atomic mass is 35.5. The van der Waals surface area contributed by atoms with E-state index in [1.54, 1.807) is 0 Å². The molecule has 5 rings (SSSR count). The van der Waals surface area contributed by atoms with Gasteiger partial charge in [0, 0.05) is 5.02 Å². The average molecular weight is 461 g/mol. The average Bonchev–Trinajstić information content (AvgIpc) is 3.13. The Balaban J connectivity index is 1.85. The first kappa shape index (κ1) is 22.4. The van der Waals surface area contributed by atoms with Gasteiger partial charge in [-0.1, -0.05) is 102 Å². The zero-order valence-corrected chi connectivity index (χ0v) is 20.4. The van der Waals surface area contributed by atoms with Gasteiger partial charge in [0.2, 0.25) is 0 Å². The van der Waals surface area contributed by atoms with Crippen LogP contribution in [0.25, 0.3) is 11.1 Å². The van der Waals surface area contributed by atoms with Gasteiger partial charge in [-0.25, -0.2) is 0 Å². The molecule has 0 fully saturated rings. The fraction of sp³-hybridized carbons (Fsp3) is 0.152. The van der Waals surface area contributed by atoms with Crippen molar-refractivity contribution in [3.8, 4) is 11.1 Å². The van der Waals surface area contributed by atoms with E-state index >= 15 is 0 Å². The van der Waals surface area contributed by atoms with Crippen LogP contribution in [-0.4, -0.2) is 0 Å². The molecule has 0 aliphatic heterocycles. The first-order valence-corrected chi connectivity index (χ1v) is 12.3. The summed E-state index contributed by atoms with van der Waals surface area (Å²) in [5.41, 5.74) is 11.0. The normalized spacial score (nSPS) is 16.1. The lowest BCUT2D eigenvalue weighted by Crippen LogP contribution is -2.29. The second-order valence-corrected chi connectivity index (χ2v) is 9.64. The summed E-state index contributed by atoms with van der Waals surface area (Å²) in [5.74, 6) is 0. The van der Waals surface area contributed by atoms with Crippen LogP contribution in [0.4, 0.5) is 0 Å². The Kier molecular flexibility index (Phi) is 6.02. The first-order valence-electron chi connectivity index (χ1n) is 11.9. The van der Waals surface area contributed by atoms with Crippen LogP contribution in [0.5, 0.6) is 0 Å². The summed E-state index contributed by atoms with van der Waals surface area (Å²) in [5, 5.41) is 0.762. The minimum absolute atomic E-state index is 0.435. The van der Waals surface area contributed by atoms with Gasteiger partial charge in [-0.3, -0.25) is 0 Å². The molecule has 0 saturated carbocycles. The Morgan fingerprint density at radius 2 is 1.47 bits per heavy atom. The molecule has 1 heteroatoms. The second-order valence-electron chi connectivity index (χ2n) is 9.21. The number of hydrogen-bond acceptors (Lipinski definition) is 0. The van der Waals surface area contributed by atoms with Crippen LogP contribution in [0.2, 0.25) is 5.02 Å². The van der Waals surface area contributed by atoms with Gasteiger partial charge >= 0.3 is 0 Å². The molecule has 0 N–H and O–H groups in total. The summed E-state index contributed by atoms with van der Waals surface area (Å²) < 4.78 is 0. The van der Waals surface area contributed by atoms with Crippen LogP contribution in [0, 0.1) is 6.92 Å². The van der Waals surface area contributed by atoms with E-state index < -0.39 is 5.41 Å². The molecule has 0 spiro atoms. The number of hydrogen-bond donors (Lipinski definition) is 0. The van der Waals surface area contributed by atoms with Crippen molar-refractivity contribution in [3.05, 3.63) is 154 Å². The van der Waals surface area contributed by atoms with Gasteiger partial charge in [0.05, 0.1) is 5.41 Å². The lowest BCUT2D eigenvalue weighted by atomic mass is 9.67. The Labute approximate surface area is 208 Å². The number of fused-ring (bicyclic) bond motifs is 3. The zero-order valence-electron chi connectivity index (χ0n) is 19.7. The Morgan fingerprint density at radius 1 is 0.735 bits per heavy atom. The summed E-state index contributed by atoms with van der Waals surface area (Å²) in [7, 11) is 0. The maximum absolute atomic E-state index is 6.64. The van der Waals surface area contributed by atoms with E-state index in [1.807, 2.05) is 18.2 Å². The molecule has 0 aromatic heterocycles. The highest BCUT2D eigenvalue weighted by Gasteiger charge is 2.46. The van der Waals surface area contributed by atoms with Crippen LogP contribution < -0.4 is 0 Å². The van der Waals surface area contributed by atoms with Gasteiger partial charge in [0.1, 0.15) is 0 Å². The lowest BCUT2D eigenvalue weighted by molar-refractivity contribution is 0.764. The molecule has 1 unspecified atom stereocenters. The Morgan fingerprint density at radius 3 is 2.21 bits per heavy atom. The molecule has 168 valence electrons. The van der Waals surface area contributed by atoms with Gasteiger partial charge in [-0.2, -0.15) is 0 Å². The van der Waals surface area contributed by atoms with E-state index in [0.717, 1.165) is 24.3 Å². The second kappa shape index (κ2) is 9.12. The molecular formula is C33H29Cl. The third-order valence-electron chi connectivity index (χ3n) is 7.02. The van der Waals surface area contributed by atoms with Crippen LogP contribution in [0.15, 0.2) is 110 Å². The van der Waals surface area contributed by atoms with Crippen molar-refractivity contribution < 1.29 is 0 Å². The topological polar surface area (TPSA) is 0 Å². The standard InChI is InChI=1S/C33H29Cl/c1-4-6-9-24-13-15-26(16-14-24)33(27-11-7-10-25(21-27)8-5-2)31-20-23(3)12-18-29(31)30-19-17-28(34)22-32(30)33/h4-5,7,10-22H,1-2,6,8-9H2,3H3. The van der Waals surface area contributed by atoms with Crippen LogP contribution >= 0.6 is 11.6 Å². The van der Waals surface area contributed by atoms with E-state index in [1.165, 1.54) is 50.1 Å². The summed E-state index contributed by atoms with van der Waals surface area (Å²) in [6.45, 7) is 10.0. The monoisotopic (exact) mass is 460 g/mol. The van der Waals surface area contributed by atoms with Gasteiger partial charge < -0.3 is 0 Å². The molecule has 0 radical (unpaired) electrons. The van der Waals surface area contributed by atoms with E-state index in [2.05, 4.69) is 98.9 Å². The predicted octanol–water partition coefficient (Wildman–Crippen LogP) is 8.86. The molecule has 0 heterocycles. The number of benzene rings is 4. The maximum atomic E-state index is 6.64. The van der Waals surface area contributed by atoms with Crippen molar-refractivity contribution in [2.24, 2.45) is 0 Å². The fourth-order valence-corrected chi connectivity index (χ4v) is 5.66. The highest BCUT2D eigenvalue weighted by molar-refractivity contribution is 6.30. The molecule has 34 heavy (non-hydrogen) atoms. The van der Waals surface area contributed by atoms with E-state index in [0.29, 0.717) is 0 Å². The Bertz CT molecular complexity index is 1320. The van der Waals surface area contributed by atoms with Crippen LogP contribution in [-0.2, 0) is 18.3 Å². The third-order valence-corrected chi connectivity index (χ3v) is 7.25. The molecule has 0 nitrogen and oxygen atoms in total. The highest BCUT2D eigenvalue weighted by Crippen LogP contribution is 2.56. The summed E-state index contributed by atoms with van der Waals surface area (Å²) in [6.07, 6.45) is 6.78. The molecule has 4 aromatic carbocycles. The van der Waals surface area contributed by atoms with Gasteiger partial charge in [0.25, 0.3) is 0 Å². The zero-order chi connectivity index (χ0) is 23.7. The number of rotatable bonds is 7. The molecule has 1 atom stereocenters. The first-order chi connectivity index (χ1) is 16.6. The summed E-state index contributed by atoms with van der Waals surface area (Å²) in [4.78, 5) is 0. The van der Waals surface area contributed by atoms with Crippen molar-refractivity contribution in [2.75, 3.05) is 0 Å². The van der Waals surface area contributed by atoms with Crippen LogP contribution in [0.1, 0.15) is 45.4 Å². The molecule has 0 bridgehead atoms. The Hall–Kier alpha value is -3.35. The molecule has 0 amide bonds. The number of allylic oxidation sites excluding steroid dienone is 2. The predicted molar refractivity (Wildman–Crippen MR) is 146 cm³/mol. The van der Waals surface area contributed by atoms with Crippen molar-refractivity contribution in [2.45, 2.75) is 31.6 Å². The maximum Gasteiger partial charge on any atom is 0.0714 e. The lowest BCUT2D eigenvalue weighted by Gasteiger charge is -2.34. The minimum atomic E-state index is -0.435. The molecule has 4 aromatic rings. The molecule has 1 aliphatic carbocycles. The summed E-state index contributed by atoms with van der Waals surface area (Å²) in [6, 6.07) is 31.3. The van der Waals surface area contributed by atoms with Crippen molar-refractivity contribution in [1.29, 1.82) is 0 Å². The largest absolute Gasteiger partial charge is 0.103 e. The smallest absolute Gasteiger partial charge is 0.0714 e. The van der Waals surface area contributed by atoms with Gasteiger partial charge in [0.15, 0.2) is 0 Å². The van der Waals surface area contributed by atoms with Crippen molar-refractivity contribution in [3.63, 3.8) is 0 Å². The number of aryl methyl sites for hydroxylation is 2. The summed E-state index contributed by atoms with van der Waals surface area (Å²) >= 11 is 6.64. The SMILES string of the molecule is C=CCCc1ccc(C2(c3cccc(CC=C)c3)c3cc(C)ccc3-c3ccc(Cl)cc32)cc1. The van der Waals surface area contributed by atoms with Crippen LogP contribution in [0.3, 0.4) is 0 Å². The van der Waals surface area contributed by atoms with Gasteiger partial charge in [-0.15, -0.1) is 13.2 Å². The quantitative estimate of drug-likeness (QED) is 0.213. The van der Waals surface area contributed by atoms with E-state index in [9.17, 15) is 0 Å². The molecular weight excluding hydrogens is 432 g/mol. The van der Waals surface area contributed by atoms with Gasteiger partial charge in [-0.05, 0) is 82.8 Å². The van der Waals surface area contributed by atoms with E-state index in [4.69, 9.17) is 11.6 Å². The van der Waals surface area contributed by atoms with Crippen molar-refractivity contribution in [1.82, 2.24) is 0 Å². The van der Waals surface area contributed by atoms with Crippen molar-refractivity contribution >= 4 is 11.6 Å². The number of halogens is 1. The third kappa shape index (κ3) is 3.63. The molecule has 0 saturated heterocycles.